The van der Waals surface area contributed by atoms with Crippen molar-refractivity contribution in [2.24, 2.45) is 0 Å². The van der Waals surface area contributed by atoms with Gasteiger partial charge in [0, 0.05) is 19.2 Å². The lowest BCUT2D eigenvalue weighted by Gasteiger charge is -2.26. The minimum atomic E-state index is 0.410. The van der Waals surface area contributed by atoms with Crippen molar-refractivity contribution in [2.45, 2.75) is 32.6 Å². The van der Waals surface area contributed by atoms with Crippen LogP contribution in [0.2, 0.25) is 0 Å². The lowest BCUT2D eigenvalue weighted by Crippen LogP contribution is -2.36. The van der Waals surface area contributed by atoms with Gasteiger partial charge in [-0.15, -0.1) is 0 Å². The molecule has 0 spiro atoms. The van der Waals surface area contributed by atoms with E-state index >= 15 is 0 Å². The summed E-state index contributed by atoms with van der Waals surface area (Å²) < 4.78 is 0. The number of nitrogens with one attached hydrogen (secondary N) is 1. The van der Waals surface area contributed by atoms with Crippen molar-refractivity contribution >= 4 is 17.0 Å². The average Bonchev–Trinajstić information content (AvgIpc) is 2.55. The van der Waals surface area contributed by atoms with Crippen LogP contribution in [-0.2, 0) is 6.42 Å². The van der Waals surface area contributed by atoms with E-state index in [1.54, 1.807) is 6.07 Å². The van der Waals surface area contributed by atoms with Crippen molar-refractivity contribution < 1.29 is 4.85 Å². The molecule has 0 aliphatic carbocycles. The number of aromatic nitrogens is 3. The molecular weight excluding hydrogens is 278 g/mol. The number of rotatable bonds is 5. The van der Waals surface area contributed by atoms with Gasteiger partial charge in [0.15, 0.2) is 0 Å². The number of piperidine rings is 1. The summed E-state index contributed by atoms with van der Waals surface area (Å²) in [7, 11) is 0. The number of nitrogens with zero attached hydrogens (tertiary/aromatic N) is 4. The Morgan fingerprint density at radius 1 is 1.27 bits per heavy atom. The first kappa shape index (κ1) is 15.0. The Hall–Kier alpha value is -1.95. The molecule has 1 fully saturated rings. The number of aryl methyl sites for hydroxylation is 1. The van der Waals surface area contributed by atoms with Crippen LogP contribution in [0.25, 0.3) is 11.0 Å². The number of likely N-dealkylation sites (tertiary alicyclic amines) is 1. The topological polar surface area (TPSA) is 68.0 Å². The Morgan fingerprint density at radius 3 is 2.86 bits per heavy atom. The maximum Gasteiger partial charge on any atom is 0.290 e. The third-order valence-electron chi connectivity index (χ3n) is 4.23. The number of hydrogen-bond acceptors (Lipinski definition) is 5. The Kier molecular flexibility index (Phi) is 4.68. The predicted octanol–water partition coefficient (Wildman–Crippen LogP) is 1.72. The molecule has 0 saturated carbocycles. The van der Waals surface area contributed by atoms with E-state index in [2.05, 4.69) is 27.2 Å². The van der Waals surface area contributed by atoms with Gasteiger partial charge in [-0.2, -0.15) is 0 Å². The number of benzene rings is 1. The van der Waals surface area contributed by atoms with Crippen LogP contribution in [0.15, 0.2) is 18.2 Å². The van der Waals surface area contributed by atoms with E-state index in [1.807, 2.05) is 12.1 Å². The maximum atomic E-state index is 12.0. The summed E-state index contributed by atoms with van der Waals surface area (Å²) in [6.07, 6.45) is 4.84. The Bertz CT molecular complexity index is 640. The number of fused-ring (bicyclic) bond motifs is 1. The first-order valence-corrected chi connectivity index (χ1v) is 8.13. The van der Waals surface area contributed by atoms with Crippen molar-refractivity contribution in [3.63, 3.8) is 0 Å². The minimum absolute atomic E-state index is 0.410. The molecule has 1 aromatic carbocycles. The Morgan fingerprint density at radius 2 is 2.09 bits per heavy atom. The Labute approximate surface area is 130 Å². The van der Waals surface area contributed by atoms with Gasteiger partial charge in [0.25, 0.3) is 11.5 Å². The van der Waals surface area contributed by atoms with Gasteiger partial charge in [-0.25, -0.2) is 4.98 Å². The Balaban J connectivity index is 1.67. The van der Waals surface area contributed by atoms with E-state index in [9.17, 15) is 5.21 Å². The van der Waals surface area contributed by atoms with Crippen molar-refractivity contribution in [2.75, 3.05) is 31.5 Å². The second kappa shape index (κ2) is 6.87. The van der Waals surface area contributed by atoms with Gasteiger partial charge in [0.05, 0.1) is 5.10 Å². The summed E-state index contributed by atoms with van der Waals surface area (Å²) in [4.78, 5) is 7.57. The molecule has 1 aliphatic heterocycles. The molecule has 1 saturated heterocycles. The van der Waals surface area contributed by atoms with Gasteiger partial charge >= 0.3 is 0 Å². The molecule has 0 unspecified atom stereocenters. The zero-order valence-corrected chi connectivity index (χ0v) is 13.1. The van der Waals surface area contributed by atoms with Crippen LogP contribution in [0, 0.1) is 5.21 Å². The zero-order chi connectivity index (χ0) is 15.4. The molecule has 0 atom stereocenters. The van der Waals surface area contributed by atoms with Gasteiger partial charge in [0.2, 0.25) is 0 Å². The lowest BCUT2D eigenvalue weighted by molar-refractivity contribution is -0.641. The summed E-state index contributed by atoms with van der Waals surface area (Å²) in [5, 5.41) is 19.1. The van der Waals surface area contributed by atoms with Crippen molar-refractivity contribution in [1.82, 2.24) is 15.0 Å². The van der Waals surface area contributed by atoms with Crippen molar-refractivity contribution in [3.8, 4) is 0 Å². The van der Waals surface area contributed by atoms with E-state index in [1.165, 1.54) is 37.9 Å². The highest BCUT2D eigenvalue weighted by Gasteiger charge is 2.12. The molecular formula is C16H23N5O. The second-order valence-corrected chi connectivity index (χ2v) is 5.81. The SMILES string of the molecule is CCc1ccc2c(c1)nc(NCCN1CCCCC1)n[n+]2[O-]. The molecule has 2 aromatic rings. The predicted molar refractivity (Wildman–Crippen MR) is 86.7 cm³/mol. The summed E-state index contributed by atoms with van der Waals surface area (Å²) in [5.41, 5.74) is 2.38. The highest BCUT2D eigenvalue weighted by molar-refractivity contribution is 5.72. The summed E-state index contributed by atoms with van der Waals surface area (Å²) >= 11 is 0. The molecule has 0 bridgehead atoms. The van der Waals surface area contributed by atoms with Crippen molar-refractivity contribution in [1.29, 1.82) is 0 Å². The zero-order valence-electron chi connectivity index (χ0n) is 13.1. The largest absolute Gasteiger partial charge is 0.594 e. The van der Waals surface area contributed by atoms with Crippen LogP contribution in [0.3, 0.4) is 0 Å². The molecule has 1 aromatic heterocycles. The van der Waals surface area contributed by atoms with E-state index in [4.69, 9.17) is 0 Å². The monoisotopic (exact) mass is 301 g/mol. The van der Waals surface area contributed by atoms with Gasteiger partial charge < -0.3 is 15.4 Å². The average molecular weight is 301 g/mol. The summed E-state index contributed by atoms with van der Waals surface area (Å²) in [6.45, 7) is 6.16. The highest BCUT2D eigenvalue weighted by Crippen LogP contribution is 2.12. The van der Waals surface area contributed by atoms with E-state index in [-0.39, 0.29) is 0 Å². The lowest BCUT2D eigenvalue weighted by atomic mass is 10.1. The molecule has 1 aliphatic rings. The minimum Gasteiger partial charge on any atom is -0.594 e. The molecule has 6 heteroatoms. The molecule has 22 heavy (non-hydrogen) atoms. The van der Waals surface area contributed by atoms with Crippen LogP contribution in [0.1, 0.15) is 31.7 Å². The summed E-state index contributed by atoms with van der Waals surface area (Å²) in [5.74, 6) is 0.410. The molecule has 2 heterocycles. The third-order valence-corrected chi connectivity index (χ3v) is 4.23. The second-order valence-electron chi connectivity index (χ2n) is 5.81. The van der Waals surface area contributed by atoms with Gasteiger partial charge in [-0.3, -0.25) is 0 Å². The van der Waals surface area contributed by atoms with Gasteiger partial charge in [-0.1, -0.05) is 19.4 Å². The number of hydrogen-bond donors (Lipinski definition) is 1. The highest BCUT2D eigenvalue weighted by atomic mass is 16.5. The van der Waals surface area contributed by atoms with E-state index in [0.717, 1.165) is 19.5 Å². The standard InChI is InChI=1S/C16H23N5O/c1-2-13-6-7-15-14(12-13)18-16(19-21(15)22)17-8-11-20-9-4-3-5-10-20/h6-7,12H,2-5,8-11H2,1H3,(H,17,18,19). The molecule has 1 N–H and O–H groups in total. The van der Waals surface area contributed by atoms with Crippen LogP contribution in [-0.4, -0.2) is 41.2 Å². The normalized spacial score (nSPS) is 16.0. The van der Waals surface area contributed by atoms with Gasteiger partial charge in [-0.05, 0) is 48.8 Å². The van der Waals surface area contributed by atoms with E-state index in [0.29, 0.717) is 21.8 Å². The molecule has 6 nitrogen and oxygen atoms in total. The smallest absolute Gasteiger partial charge is 0.290 e. The van der Waals surface area contributed by atoms with Gasteiger partial charge in [0.1, 0.15) is 5.52 Å². The third kappa shape index (κ3) is 3.44. The summed E-state index contributed by atoms with van der Waals surface area (Å²) in [6, 6.07) is 5.70. The fourth-order valence-corrected chi connectivity index (χ4v) is 2.90. The fraction of sp³-hybridized carbons (Fsp3) is 0.562. The van der Waals surface area contributed by atoms with Crippen LogP contribution < -0.4 is 10.2 Å². The number of anilines is 1. The molecule has 0 amide bonds. The quantitative estimate of drug-likeness (QED) is 0.673. The van der Waals surface area contributed by atoms with Crippen LogP contribution in [0.4, 0.5) is 5.95 Å². The fourth-order valence-electron chi connectivity index (χ4n) is 2.90. The molecule has 0 radical (unpaired) electrons. The first-order chi connectivity index (χ1) is 10.8. The molecule has 118 valence electrons. The van der Waals surface area contributed by atoms with Crippen molar-refractivity contribution in [3.05, 3.63) is 29.0 Å². The first-order valence-electron chi connectivity index (χ1n) is 8.13. The van der Waals surface area contributed by atoms with Crippen LogP contribution in [0.5, 0.6) is 0 Å². The van der Waals surface area contributed by atoms with Crippen LogP contribution >= 0.6 is 0 Å². The molecule has 3 rings (SSSR count). The van der Waals surface area contributed by atoms with E-state index < -0.39 is 0 Å². The maximum absolute atomic E-state index is 12.0.